The number of ether oxygens (including phenoxy) is 1. The molecule has 0 saturated carbocycles. The van der Waals surface area contributed by atoms with E-state index in [1.807, 2.05) is 0 Å². The molecule has 2 aromatic rings. The number of aromatic nitrogens is 1. The highest BCUT2D eigenvalue weighted by Gasteiger charge is 2.41. The van der Waals surface area contributed by atoms with Gasteiger partial charge in [0.15, 0.2) is 5.60 Å². The van der Waals surface area contributed by atoms with Gasteiger partial charge in [0.2, 0.25) is 0 Å². The molecule has 1 fully saturated rings. The second-order valence-corrected chi connectivity index (χ2v) is 6.29. The lowest BCUT2D eigenvalue weighted by molar-refractivity contribution is -0.166. The van der Waals surface area contributed by atoms with Crippen molar-refractivity contribution in [2.24, 2.45) is 0 Å². The van der Waals surface area contributed by atoms with Crippen LogP contribution in [0.15, 0.2) is 42.7 Å². The van der Waals surface area contributed by atoms with Gasteiger partial charge in [-0.15, -0.1) is 0 Å². The molecule has 26 heavy (non-hydrogen) atoms. The van der Waals surface area contributed by atoms with Gasteiger partial charge in [0.1, 0.15) is 5.82 Å². The third-order valence-electron chi connectivity index (χ3n) is 4.59. The van der Waals surface area contributed by atoms with Gasteiger partial charge >= 0.3 is 5.97 Å². The smallest absolute Gasteiger partial charge is 0.337 e. The van der Waals surface area contributed by atoms with Crippen LogP contribution < -0.4 is 0 Å². The van der Waals surface area contributed by atoms with Crippen LogP contribution in [0.2, 0.25) is 0 Å². The first-order valence-electron chi connectivity index (χ1n) is 8.24. The van der Waals surface area contributed by atoms with E-state index in [-0.39, 0.29) is 37.7 Å². The Morgan fingerprint density at radius 3 is 2.58 bits per heavy atom. The Balaban J connectivity index is 1.75. The maximum absolute atomic E-state index is 13.4. The molecule has 0 spiro atoms. The molecule has 1 aromatic heterocycles. The van der Waals surface area contributed by atoms with Gasteiger partial charge in [-0.25, -0.2) is 9.18 Å². The van der Waals surface area contributed by atoms with Gasteiger partial charge in [0.05, 0.1) is 12.7 Å². The Labute approximate surface area is 150 Å². The van der Waals surface area contributed by atoms with Crippen molar-refractivity contribution in [1.29, 1.82) is 0 Å². The minimum absolute atomic E-state index is 0.114. The van der Waals surface area contributed by atoms with E-state index in [0.29, 0.717) is 16.7 Å². The highest BCUT2D eigenvalue weighted by molar-refractivity contribution is 5.95. The number of likely N-dealkylation sites (tertiary alicyclic amines) is 1. The number of methoxy groups -OCH3 is 1. The minimum Gasteiger partial charge on any atom is -0.467 e. The Kier molecular flexibility index (Phi) is 4.99. The minimum atomic E-state index is -1.55. The second kappa shape index (κ2) is 7.21. The molecule has 1 aliphatic heterocycles. The average Bonchev–Trinajstić information content (AvgIpc) is 2.67. The number of carbonyl (C=O) groups excluding carboxylic acids is 2. The molecule has 0 radical (unpaired) electrons. The maximum Gasteiger partial charge on any atom is 0.337 e. The molecule has 1 N–H and O–H groups in total. The van der Waals surface area contributed by atoms with Gasteiger partial charge in [0, 0.05) is 43.9 Å². The van der Waals surface area contributed by atoms with Crippen LogP contribution >= 0.6 is 0 Å². The number of hydrogen-bond donors (Lipinski definition) is 1. The number of nitrogens with zero attached hydrogens (tertiary/aromatic N) is 2. The maximum atomic E-state index is 13.4. The van der Waals surface area contributed by atoms with E-state index in [1.165, 1.54) is 25.4 Å². The Bertz CT molecular complexity index is 832. The molecule has 0 atom stereocenters. The highest BCUT2D eigenvalue weighted by Crippen LogP contribution is 2.26. The van der Waals surface area contributed by atoms with Crippen LogP contribution in [0, 0.1) is 5.82 Å². The first-order valence-corrected chi connectivity index (χ1v) is 8.24. The molecular formula is C19H19FN2O4. The number of hydrogen-bond acceptors (Lipinski definition) is 5. The Morgan fingerprint density at radius 2 is 1.92 bits per heavy atom. The van der Waals surface area contributed by atoms with E-state index in [1.54, 1.807) is 29.3 Å². The molecule has 0 aliphatic carbocycles. The summed E-state index contributed by atoms with van der Waals surface area (Å²) in [6, 6.07) is 7.72. The first kappa shape index (κ1) is 18.0. The van der Waals surface area contributed by atoms with Crippen LogP contribution in [0.3, 0.4) is 0 Å². The summed E-state index contributed by atoms with van der Waals surface area (Å²) in [4.78, 5) is 30.0. The van der Waals surface area contributed by atoms with Crippen molar-refractivity contribution in [1.82, 2.24) is 9.88 Å². The topological polar surface area (TPSA) is 79.7 Å². The van der Waals surface area contributed by atoms with Crippen molar-refractivity contribution in [3.05, 3.63) is 54.1 Å². The van der Waals surface area contributed by atoms with Gasteiger partial charge in [-0.2, -0.15) is 0 Å². The summed E-state index contributed by atoms with van der Waals surface area (Å²) >= 11 is 0. The van der Waals surface area contributed by atoms with Crippen LogP contribution in [-0.4, -0.2) is 52.7 Å². The second-order valence-electron chi connectivity index (χ2n) is 6.29. The molecule has 1 amide bonds. The summed E-state index contributed by atoms with van der Waals surface area (Å²) < 4.78 is 18.0. The highest BCUT2D eigenvalue weighted by atomic mass is 19.1. The molecule has 3 rings (SSSR count). The van der Waals surface area contributed by atoms with Crippen molar-refractivity contribution in [2.45, 2.75) is 18.4 Å². The number of carbonyl (C=O) groups is 2. The van der Waals surface area contributed by atoms with E-state index in [0.717, 1.165) is 0 Å². The van der Waals surface area contributed by atoms with Crippen molar-refractivity contribution in [3.8, 4) is 11.1 Å². The molecule has 2 heterocycles. The summed E-state index contributed by atoms with van der Waals surface area (Å²) in [6.45, 7) is 0.462. The van der Waals surface area contributed by atoms with Crippen LogP contribution in [-0.2, 0) is 9.53 Å². The zero-order valence-electron chi connectivity index (χ0n) is 14.3. The third-order valence-corrected chi connectivity index (χ3v) is 4.59. The van der Waals surface area contributed by atoms with Crippen molar-refractivity contribution in [3.63, 3.8) is 0 Å². The summed E-state index contributed by atoms with van der Waals surface area (Å²) in [6.07, 6.45) is 3.24. The van der Waals surface area contributed by atoms with Crippen molar-refractivity contribution < 1.29 is 23.8 Å². The fraction of sp³-hybridized carbons (Fsp3) is 0.316. The predicted molar refractivity (Wildman–Crippen MR) is 91.7 cm³/mol. The normalized spacial score (nSPS) is 16.2. The molecule has 136 valence electrons. The van der Waals surface area contributed by atoms with Gasteiger partial charge in [-0.3, -0.25) is 9.78 Å². The Morgan fingerprint density at radius 1 is 1.19 bits per heavy atom. The molecule has 6 nitrogen and oxygen atoms in total. The van der Waals surface area contributed by atoms with Crippen LogP contribution in [0.25, 0.3) is 11.1 Å². The van der Waals surface area contributed by atoms with Crippen LogP contribution in [0.1, 0.15) is 23.2 Å². The van der Waals surface area contributed by atoms with E-state index in [2.05, 4.69) is 9.72 Å². The monoisotopic (exact) mass is 358 g/mol. The number of piperidine rings is 1. The third kappa shape index (κ3) is 3.57. The molecule has 1 saturated heterocycles. The Hall–Kier alpha value is -2.80. The summed E-state index contributed by atoms with van der Waals surface area (Å²) in [5.41, 5.74) is 0.0901. The lowest BCUT2D eigenvalue weighted by Crippen LogP contribution is -2.51. The quantitative estimate of drug-likeness (QED) is 0.850. The van der Waals surface area contributed by atoms with Gasteiger partial charge in [0.25, 0.3) is 5.91 Å². The molecule has 1 aromatic carbocycles. The van der Waals surface area contributed by atoms with Crippen LogP contribution in [0.4, 0.5) is 4.39 Å². The lowest BCUT2D eigenvalue weighted by atomic mass is 9.91. The van der Waals surface area contributed by atoms with Gasteiger partial charge in [-0.1, -0.05) is 12.1 Å². The summed E-state index contributed by atoms with van der Waals surface area (Å²) in [7, 11) is 1.22. The number of esters is 1. The largest absolute Gasteiger partial charge is 0.467 e. The molecule has 0 bridgehead atoms. The predicted octanol–water partition coefficient (Wildman–Crippen LogP) is 2.03. The number of halogens is 1. The van der Waals surface area contributed by atoms with E-state index >= 15 is 0 Å². The lowest BCUT2D eigenvalue weighted by Gasteiger charge is -2.36. The first-order chi connectivity index (χ1) is 12.4. The number of amides is 1. The zero-order valence-corrected chi connectivity index (χ0v) is 14.3. The number of pyridine rings is 1. The number of rotatable bonds is 3. The number of aliphatic hydroxyl groups is 1. The number of benzene rings is 1. The average molecular weight is 358 g/mol. The SMILES string of the molecule is COC(=O)C1(O)CCN(C(=O)c2cncc(-c3cccc(F)c3)c2)CC1. The van der Waals surface area contributed by atoms with E-state index in [9.17, 15) is 19.1 Å². The molecule has 0 unspecified atom stereocenters. The zero-order chi connectivity index (χ0) is 18.7. The summed E-state index contributed by atoms with van der Waals surface area (Å²) in [5.74, 6) is -1.29. The fourth-order valence-corrected chi connectivity index (χ4v) is 3.04. The van der Waals surface area contributed by atoms with E-state index < -0.39 is 11.6 Å². The standard InChI is InChI=1S/C19H19FN2O4/c1-26-18(24)19(25)5-7-22(8-6-19)17(23)15-9-14(11-21-12-15)13-3-2-4-16(20)10-13/h2-4,9-12,25H,5-8H2,1H3. The fourth-order valence-electron chi connectivity index (χ4n) is 3.04. The molecule has 1 aliphatic rings. The molecule has 7 heteroatoms. The van der Waals surface area contributed by atoms with Gasteiger partial charge in [-0.05, 0) is 23.8 Å². The van der Waals surface area contributed by atoms with Crippen molar-refractivity contribution >= 4 is 11.9 Å². The van der Waals surface area contributed by atoms with Crippen LogP contribution in [0.5, 0.6) is 0 Å². The summed E-state index contributed by atoms with van der Waals surface area (Å²) in [5, 5.41) is 10.3. The molecular weight excluding hydrogens is 339 g/mol. The van der Waals surface area contributed by atoms with Crippen molar-refractivity contribution in [2.75, 3.05) is 20.2 Å². The van der Waals surface area contributed by atoms with Gasteiger partial charge < -0.3 is 14.7 Å². The van der Waals surface area contributed by atoms with E-state index in [4.69, 9.17) is 0 Å².